The third-order valence-electron chi connectivity index (χ3n) is 4.72. The standard InChI is InChI=1S/C23H29FN2O3/c1-17(2)28-16-19(27)14-26(13-18-8-4-3-5-9-18)15-20-12-23(25-29-20)21-10-6-7-11-22(21)24/h3-11,17,19-20,27H,12-16H2,1-2H3/t19-,20+/m0/s1. The minimum absolute atomic E-state index is 0.0714. The second kappa shape index (κ2) is 10.5. The smallest absolute Gasteiger partial charge is 0.145 e. The zero-order valence-electron chi connectivity index (χ0n) is 17.0. The molecule has 0 saturated carbocycles. The Morgan fingerprint density at radius 3 is 2.62 bits per heavy atom. The van der Waals surface area contributed by atoms with Gasteiger partial charge in [-0.3, -0.25) is 4.90 Å². The number of hydrogen-bond donors (Lipinski definition) is 1. The largest absolute Gasteiger partial charge is 0.390 e. The molecule has 0 bridgehead atoms. The summed E-state index contributed by atoms with van der Waals surface area (Å²) in [5, 5.41) is 14.5. The molecule has 0 amide bonds. The van der Waals surface area contributed by atoms with Gasteiger partial charge in [-0.05, 0) is 25.5 Å². The fourth-order valence-corrected chi connectivity index (χ4v) is 3.37. The molecule has 1 N–H and O–H groups in total. The van der Waals surface area contributed by atoms with Crippen molar-refractivity contribution in [1.82, 2.24) is 4.90 Å². The van der Waals surface area contributed by atoms with Crippen LogP contribution in [-0.2, 0) is 16.1 Å². The molecule has 156 valence electrons. The molecule has 0 spiro atoms. The third kappa shape index (κ3) is 6.63. The zero-order chi connectivity index (χ0) is 20.6. The third-order valence-corrected chi connectivity index (χ3v) is 4.72. The fraction of sp³-hybridized carbons (Fsp3) is 0.435. The average molecular weight is 400 g/mol. The van der Waals surface area contributed by atoms with Gasteiger partial charge in [-0.15, -0.1) is 0 Å². The molecule has 0 aliphatic carbocycles. The number of benzene rings is 2. The number of oxime groups is 1. The number of aliphatic hydroxyl groups is 1. The molecular formula is C23H29FN2O3. The lowest BCUT2D eigenvalue weighted by atomic mass is 10.0. The van der Waals surface area contributed by atoms with E-state index < -0.39 is 6.10 Å². The highest BCUT2D eigenvalue weighted by Gasteiger charge is 2.27. The first kappa shape index (κ1) is 21.4. The van der Waals surface area contributed by atoms with Crippen LogP contribution in [0.5, 0.6) is 0 Å². The first-order valence-corrected chi connectivity index (χ1v) is 10.0. The number of aliphatic hydroxyl groups excluding tert-OH is 1. The van der Waals surface area contributed by atoms with Gasteiger partial charge in [0.05, 0.1) is 24.5 Å². The Kier molecular flexibility index (Phi) is 7.75. The van der Waals surface area contributed by atoms with Crippen LogP contribution in [0.15, 0.2) is 59.8 Å². The summed E-state index contributed by atoms with van der Waals surface area (Å²) in [5.41, 5.74) is 2.25. The van der Waals surface area contributed by atoms with Crippen LogP contribution < -0.4 is 0 Å². The highest BCUT2D eigenvalue weighted by atomic mass is 19.1. The number of hydrogen-bond acceptors (Lipinski definition) is 5. The zero-order valence-corrected chi connectivity index (χ0v) is 17.0. The normalized spacial score (nSPS) is 17.4. The SMILES string of the molecule is CC(C)OC[C@@H](O)CN(Cc1ccccc1)C[C@H]1CC(c2ccccc2F)=NO1. The van der Waals surface area contributed by atoms with E-state index in [2.05, 4.69) is 22.2 Å². The van der Waals surface area contributed by atoms with E-state index in [1.807, 2.05) is 32.0 Å². The van der Waals surface area contributed by atoms with Crippen molar-refractivity contribution in [3.05, 3.63) is 71.5 Å². The first-order chi connectivity index (χ1) is 14.0. The second-order valence-corrected chi connectivity index (χ2v) is 7.66. The molecule has 29 heavy (non-hydrogen) atoms. The predicted octanol–water partition coefficient (Wildman–Crippen LogP) is 3.61. The van der Waals surface area contributed by atoms with E-state index in [9.17, 15) is 9.50 Å². The van der Waals surface area contributed by atoms with Crippen LogP contribution in [0.1, 0.15) is 31.4 Å². The second-order valence-electron chi connectivity index (χ2n) is 7.66. The molecule has 1 aliphatic heterocycles. The van der Waals surface area contributed by atoms with Crippen LogP contribution in [-0.4, -0.2) is 53.7 Å². The quantitative estimate of drug-likeness (QED) is 0.662. The van der Waals surface area contributed by atoms with Gasteiger partial charge in [0, 0.05) is 31.6 Å². The Labute approximate surface area is 171 Å². The van der Waals surface area contributed by atoms with E-state index in [0.29, 0.717) is 37.3 Å². The molecule has 2 atom stereocenters. The maximum atomic E-state index is 14.0. The molecule has 2 aromatic rings. The fourth-order valence-electron chi connectivity index (χ4n) is 3.37. The van der Waals surface area contributed by atoms with Gasteiger partial charge in [0.2, 0.25) is 0 Å². The average Bonchev–Trinajstić information content (AvgIpc) is 3.15. The predicted molar refractivity (Wildman–Crippen MR) is 111 cm³/mol. The highest BCUT2D eigenvalue weighted by molar-refractivity contribution is 6.01. The minimum atomic E-state index is -0.602. The van der Waals surface area contributed by atoms with Gasteiger partial charge >= 0.3 is 0 Å². The van der Waals surface area contributed by atoms with E-state index in [4.69, 9.17) is 9.57 Å². The summed E-state index contributed by atoms with van der Waals surface area (Å²) in [6, 6.07) is 16.7. The Hall–Kier alpha value is -2.28. The molecular weight excluding hydrogens is 371 g/mol. The van der Waals surface area contributed by atoms with Crippen molar-refractivity contribution in [3.8, 4) is 0 Å². The Morgan fingerprint density at radius 2 is 1.90 bits per heavy atom. The summed E-state index contributed by atoms with van der Waals surface area (Å²) < 4.78 is 19.6. The van der Waals surface area contributed by atoms with Crippen LogP contribution in [0.4, 0.5) is 4.39 Å². The maximum Gasteiger partial charge on any atom is 0.145 e. The number of nitrogens with zero attached hydrogens (tertiary/aromatic N) is 2. The monoisotopic (exact) mass is 400 g/mol. The molecule has 0 saturated heterocycles. The Bertz CT molecular complexity index is 798. The number of ether oxygens (including phenoxy) is 1. The summed E-state index contributed by atoms with van der Waals surface area (Å²) in [6.07, 6.45) is -0.187. The van der Waals surface area contributed by atoms with Crippen molar-refractivity contribution in [1.29, 1.82) is 0 Å². The lowest BCUT2D eigenvalue weighted by Crippen LogP contribution is -2.39. The van der Waals surface area contributed by atoms with Crippen molar-refractivity contribution in [3.63, 3.8) is 0 Å². The molecule has 0 fully saturated rings. The van der Waals surface area contributed by atoms with Gasteiger partial charge in [-0.2, -0.15) is 0 Å². The first-order valence-electron chi connectivity index (χ1n) is 10.0. The van der Waals surface area contributed by atoms with Crippen LogP contribution in [0.2, 0.25) is 0 Å². The summed E-state index contributed by atoms with van der Waals surface area (Å²) in [7, 11) is 0. The van der Waals surface area contributed by atoms with Crippen molar-refractivity contribution in [2.75, 3.05) is 19.7 Å². The summed E-state index contributed by atoms with van der Waals surface area (Å²) in [4.78, 5) is 7.72. The molecule has 0 unspecified atom stereocenters. The lowest BCUT2D eigenvalue weighted by molar-refractivity contribution is -0.0194. The van der Waals surface area contributed by atoms with Crippen molar-refractivity contribution >= 4 is 5.71 Å². The summed E-state index contributed by atoms with van der Waals surface area (Å²) in [5.74, 6) is -0.294. The van der Waals surface area contributed by atoms with Crippen LogP contribution >= 0.6 is 0 Å². The number of rotatable bonds is 10. The van der Waals surface area contributed by atoms with Gasteiger partial charge in [0.25, 0.3) is 0 Å². The summed E-state index contributed by atoms with van der Waals surface area (Å²) in [6.45, 7) is 5.89. The molecule has 0 radical (unpaired) electrons. The van der Waals surface area contributed by atoms with Gasteiger partial charge < -0.3 is 14.7 Å². The van der Waals surface area contributed by atoms with Gasteiger partial charge in [-0.1, -0.05) is 53.7 Å². The minimum Gasteiger partial charge on any atom is -0.390 e. The van der Waals surface area contributed by atoms with E-state index >= 15 is 0 Å². The summed E-state index contributed by atoms with van der Waals surface area (Å²) >= 11 is 0. The highest BCUT2D eigenvalue weighted by Crippen LogP contribution is 2.20. The van der Waals surface area contributed by atoms with E-state index in [1.54, 1.807) is 18.2 Å². The van der Waals surface area contributed by atoms with E-state index in [1.165, 1.54) is 6.07 Å². The van der Waals surface area contributed by atoms with Crippen LogP contribution in [0.3, 0.4) is 0 Å². The van der Waals surface area contributed by atoms with Gasteiger partial charge in [0.1, 0.15) is 11.9 Å². The Morgan fingerprint density at radius 1 is 1.17 bits per heavy atom. The number of halogens is 1. The molecule has 1 aliphatic rings. The van der Waals surface area contributed by atoms with Gasteiger partial charge in [-0.25, -0.2) is 4.39 Å². The van der Waals surface area contributed by atoms with Crippen molar-refractivity contribution in [2.45, 2.75) is 45.1 Å². The molecule has 6 heteroatoms. The molecule has 2 aromatic carbocycles. The Balaban J connectivity index is 1.61. The van der Waals surface area contributed by atoms with E-state index in [0.717, 1.165) is 5.56 Å². The molecule has 1 heterocycles. The molecule has 5 nitrogen and oxygen atoms in total. The van der Waals surface area contributed by atoms with Crippen LogP contribution in [0.25, 0.3) is 0 Å². The van der Waals surface area contributed by atoms with Gasteiger partial charge in [0.15, 0.2) is 0 Å². The van der Waals surface area contributed by atoms with Crippen molar-refractivity contribution < 1.29 is 19.1 Å². The van der Waals surface area contributed by atoms with Crippen LogP contribution in [0, 0.1) is 5.82 Å². The van der Waals surface area contributed by atoms with Crippen molar-refractivity contribution in [2.24, 2.45) is 5.16 Å². The topological polar surface area (TPSA) is 54.3 Å². The molecule has 0 aromatic heterocycles. The lowest BCUT2D eigenvalue weighted by Gasteiger charge is -2.27. The molecule has 3 rings (SSSR count). The van der Waals surface area contributed by atoms with E-state index in [-0.39, 0.29) is 24.6 Å². The maximum absolute atomic E-state index is 14.0.